The van der Waals surface area contributed by atoms with Gasteiger partial charge >= 0.3 is 11.8 Å². The van der Waals surface area contributed by atoms with Crippen LogP contribution in [0.5, 0.6) is 0 Å². The summed E-state index contributed by atoms with van der Waals surface area (Å²) in [5.74, 6) is 0.522. The second-order valence-electron chi connectivity index (χ2n) is 8.35. The van der Waals surface area contributed by atoms with Crippen LogP contribution in [0.1, 0.15) is 48.2 Å². The van der Waals surface area contributed by atoms with Gasteiger partial charge in [0.2, 0.25) is 0 Å². The average molecular weight is 476 g/mol. The van der Waals surface area contributed by atoms with Gasteiger partial charge in [0.25, 0.3) is 0 Å². The van der Waals surface area contributed by atoms with E-state index in [2.05, 4.69) is 46.7 Å². The quantitative estimate of drug-likeness (QED) is 0.250. The molecule has 0 aliphatic heterocycles. The van der Waals surface area contributed by atoms with E-state index >= 15 is 0 Å². The zero-order valence-electron chi connectivity index (χ0n) is 19.2. The summed E-state index contributed by atoms with van der Waals surface area (Å²) in [7, 11) is 0. The van der Waals surface area contributed by atoms with Gasteiger partial charge in [0, 0.05) is 17.5 Å². The molecule has 0 bridgehead atoms. The van der Waals surface area contributed by atoms with E-state index in [1.54, 1.807) is 24.3 Å². The van der Waals surface area contributed by atoms with E-state index in [1.165, 1.54) is 30.7 Å². The molecule has 1 heterocycles. The number of hydrogen-bond acceptors (Lipinski definition) is 4. The average Bonchev–Trinajstić information content (AvgIpc) is 3.59. The highest BCUT2D eigenvalue weighted by atomic mass is 35.5. The summed E-state index contributed by atoms with van der Waals surface area (Å²) in [5, 5.41) is 6.50. The van der Waals surface area contributed by atoms with Crippen LogP contribution >= 0.6 is 11.6 Å². The lowest BCUT2D eigenvalue weighted by molar-refractivity contribution is -0.139. The van der Waals surface area contributed by atoms with Crippen molar-refractivity contribution in [3.63, 3.8) is 0 Å². The van der Waals surface area contributed by atoms with Gasteiger partial charge in [0.15, 0.2) is 5.78 Å². The molecule has 2 amide bonds. The smallest absolute Gasteiger partial charge is 0.310 e. The Morgan fingerprint density at radius 1 is 1.03 bits per heavy atom. The van der Waals surface area contributed by atoms with Gasteiger partial charge in [-0.25, -0.2) is 4.98 Å². The SMILES string of the molecule is C#CCNC(=O)C(=O)NCc1ccccc1C(C)=O.CC1(c2cccc3nc(Cl)ccc23)CC1. The first-order chi connectivity index (χ1) is 16.2. The van der Waals surface area contributed by atoms with Gasteiger partial charge in [-0.05, 0) is 54.5 Å². The lowest BCUT2D eigenvalue weighted by atomic mass is 9.94. The molecular formula is C27H26ClN3O3. The van der Waals surface area contributed by atoms with Crippen molar-refractivity contribution in [3.05, 3.63) is 76.4 Å². The molecule has 0 unspecified atom stereocenters. The summed E-state index contributed by atoms with van der Waals surface area (Å²) in [4.78, 5) is 38.4. The number of carbonyl (C=O) groups is 3. The number of ketones is 1. The maximum absolute atomic E-state index is 11.4. The molecule has 6 nitrogen and oxygen atoms in total. The highest BCUT2D eigenvalue weighted by Crippen LogP contribution is 2.49. The third-order valence-electron chi connectivity index (χ3n) is 5.74. The molecule has 3 aromatic rings. The molecule has 0 atom stereocenters. The molecule has 1 saturated carbocycles. The van der Waals surface area contributed by atoms with Crippen molar-refractivity contribution in [1.29, 1.82) is 0 Å². The second-order valence-corrected chi connectivity index (χ2v) is 8.74. The number of halogens is 1. The molecule has 0 radical (unpaired) electrons. The number of pyridine rings is 1. The number of benzene rings is 2. The first kappa shape index (κ1) is 24.9. The van der Waals surface area contributed by atoms with Crippen molar-refractivity contribution in [2.24, 2.45) is 0 Å². The summed E-state index contributed by atoms with van der Waals surface area (Å²) in [5.41, 5.74) is 3.99. The van der Waals surface area contributed by atoms with Crippen LogP contribution in [-0.4, -0.2) is 29.1 Å². The minimum atomic E-state index is -0.793. The molecule has 174 valence electrons. The van der Waals surface area contributed by atoms with Gasteiger partial charge in [-0.3, -0.25) is 14.4 Å². The van der Waals surface area contributed by atoms with Gasteiger partial charge in [0.1, 0.15) is 5.15 Å². The van der Waals surface area contributed by atoms with Crippen LogP contribution in [0, 0.1) is 12.3 Å². The fraction of sp³-hybridized carbons (Fsp3) is 0.259. The predicted octanol–water partition coefficient (Wildman–Crippen LogP) is 4.19. The minimum Gasteiger partial charge on any atom is -0.344 e. The Kier molecular flexibility index (Phi) is 8.04. The van der Waals surface area contributed by atoms with Crippen molar-refractivity contribution in [3.8, 4) is 12.3 Å². The number of hydrogen-bond donors (Lipinski definition) is 2. The third kappa shape index (κ3) is 6.21. The lowest BCUT2D eigenvalue weighted by Crippen LogP contribution is -2.39. The summed E-state index contributed by atoms with van der Waals surface area (Å²) < 4.78 is 0. The molecule has 1 fully saturated rings. The van der Waals surface area contributed by atoms with Crippen LogP contribution in [0.25, 0.3) is 10.9 Å². The summed E-state index contributed by atoms with van der Waals surface area (Å²) in [6.07, 6.45) is 7.53. The molecule has 2 N–H and O–H groups in total. The Labute approximate surface area is 204 Å². The molecule has 1 aliphatic carbocycles. The standard InChI is InChI=1S/C14H14N2O3.C13H12ClN/c1-3-8-15-13(18)14(19)16-9-11-6-4-5-7-12(11)10(2)17;1-13(7-8-13)10-3-2-4-11-9(10)5-6-12(14)15-11/h1,4-7H,8-9H2,2H3,(H,15,18)(H,16,19);2-6H,7-8H2,1H3. The van der Waals surface area contributed by atoms with Crippen LogP contribution < -0.4 is 10.6 Å². The van der Waals surface area contributed by atoms with E-state index < -0.39 is 11.8 Å². The Morgan fingerprint density at radius 3 is 2.41 bits per heavy atom. The van der Waals surface area contributed by atoms with E-state index in [0.717, 1.165) is 5.52 Å². The number of carbonyl (C=O) groups excluding carboxylic acids is 3. The topological polar surface area (TPSA) is 88.2 Å². The Hall–Kier alpha value is -3.69. The Morgan fingerprint density at radius 2 is 1.74 bits per heavy atom. The molecular weight excluding hydrogens is 450 g/mol. The number of fused-ring (bicyclic) bond motifs is 1. The largest absolute Gasteiger partial charge is 0.344 e. The van der Waals surface area contributed by atoms with Gasteiger partial charge in [0.05, 0.1) is 12.1 Å². The van der Waals surface area contributed by atoms with Crippen molar-refractivity contribution >= 4 is 40.1 Å². The maximum Gasteiger partial charge on any atom is 0.310 e. The van der Waals surface area contributed by atoms with Crippen LogP contribution in [0.2, 0.25) is 5.15 Å². The zero-order valence-corrected chi connectivity index (χ0v) is 19.9. The number of terminal acetylenes is 1. The lowest BCUT2D eigenvalue weighted by Gasteiger charge is -2.11. The Balaban J connectivity index is 0.000000195. The molecule has 1 aliphatic rings. The van der Waals surface area contributed by atoms with E-state index in [1.807, 2.05) is 12.1 Å². The van der Waals surface area contributed by atoms with E-state index in [-0.39, 0.29) is 18.9 Å². The normalized spacial score (nSPS) is 13.1. The first-order valence-electron chi connectivity index (χ1n) is 10.9. The molecule has 2 aromatic carbocycles. The maximum atomic E-state index is 11.4. The molecule has 1 aromatic heterocycles. The minimum absolute atomic E-state index is 0.00368. The van der Waals surface area contributed by atoms with E-state index in [4.69, 9.17) is 18.0 Å². The number of aromatic nitrogens is 1. The summed E-state index contributed by atoms with van der Waals surface area (Å²) in [6, 6.07) is 17.2. The summed E-state index contributed by atoms with van der Waals surface area (Å²) in [6.45, 7) is 3.87. The number of nitrogens with zero attached hydrogens (tertiary/aromatic N) is 1. The molecule has 0 spiro atoms. The van der Waals surface area contributed by atoms with E-state index in [9.17, 15) is 14.4 Å². The zero-order chi connectivity index (χ0) is 24.7. The highest BCUT2D eigenvalue weighted by molar-refractivity contribution is 6.35. The van der Waals surface area contributed by atoms with Gasteiger partial charge in [-0.15, -0.1) is 6.42 Å². The van der Waals surface area contributed by atoms with Gasteiger partial charge in [-0.2, -0.15) is 0 Å². The highest BCUT2D eigenvalue weighted by Gasteiger charge is 2.39. The van der Waals surface area contributed by atoms with Crippen molar-refractivity contribution < 1.29 is 14.4 Å². The number of amides is 2. The van der Waals surface area contributed by atoms with Crippen molar-refractivity contribution in [2.45, 2.75) is 38.6 Å². The fourth-order valence-corrected chi connectivity index (χ4v) is 3.75. The van der Waals surface area contributed by atoms with Gasteiger partial charge < -0.3 is 10.6 Å². The van der Waals surface area contributed by atoms with E-state index in [0.29, 0.717) is 21.7 Å². The Bertz CT molecular complexity index is 1280. The first-order valence-corrected chi connectivity index (χ1v) is 11.3. The number of rotatable bonds is 5. The monoisotopic (exact) mass is 475 g/mol. The molecule has 4 rings (SSSR count). The summed E-state index contributed by atoms with van der Waals surface area (Å²) >= 11 is 5.89. The number of Topliss-reactive ketones (excluding diaryl/α,β-unsaturated/α-hetero) is 1. The fourth-order valence-electron chi connectivity index (χ4n) is 3.60. The second kappa shape index (κ2) is 11.0. The molecule has 0 saturated heterocycles. The van der Waals surface area contributed by atoms with Crippen molar-refractivity contribution in [2.75, 3.05) is 6.54 Å². The third-order valence-corrected chi connectivity index (χ3v) is 5.95. The number of nitrogens with one attached hydrogen (secondary N) is 2. The molecule has 34 heavy (non-hydrogen) atoms. The van der Waals surface area contributed by atoms with Crippen molar-refractivity contribution in [1.82, 2.24) is 15.6 Å². The van der Waals surface area contributed by atoms with Gasteiger partial charge in [-0.1, -0.05) is 60.8 Å². The van der Waals surface area contributed by atoms with Crippen LogP contribution in [0.3, 0.4) is 0 Å². The molecule has 7 heteroatoms. The predicted molar refractivity (Wildman–Crippen MR) is 133 cm³/mol. The van der Waals surface area contributed by atoms with Crippen LogP contribution in [0.4, 0.5) is 0 Å². The van der Waals surface area contributed by atoms with Crippen LogP contribution in [0.15, 0.2) is 54.6 Å². The van der Waals surface area contributed by atoms with Crippen LogP contribution in [-0.2, 0) is 21.5 Å².